The molecule has 1 atom stereocenters. The lowest BCUT2D eigenvalue weighted by atomic mass is 10.1. The van der Waals surface area contributed by atoms with Gasteiger partial charge in [0.05, 0.1) is 42.3 Å². The molecule has 1 aromatic carbocycles. The number of likely N-dealkylation sites (N-methyl/N-ethyl adjacent to an activating group) is 1. The van der Waals surface area contributed by atoms with E-state index in [4.69, 9.17) is 26.1 Å². The van der Waals surface area contributed by atoms with Gasteiger partial charge in [-0.05, 0) is 57.6 Å². The lowest BCUT2D eigenvalue weighted by molar-refractivity contribution is 0.0748. The Morgan fingerprint density at radius 2 is 1.97 bits per heavy atom. The number of halogens is 1. The number of benzene rings is 1. The molecule has 1 aliphatic carbocycles. The highest BCUT2D eigenvalue weighted by atomic mass is 35.5. The molecule has 5 rings (SSSR count). The number of nitrogens with zero attached hydrogens (tertiary/aromatic N) is 5. The number of sulfonamides is 1. The monoisotopic (exact) mass is 561 g/mol. The van der Waals surface area contributed by atoms with E-state index in [-0.39, 0.29) is 11.3 Å². The summed E-state index contributed by atoms with van der Waals surface area (Å²) in [5.74, 6) is 0.641. The molecule has 3 aromatic rings. The molecule has 38 heavy (non-hydrogen) atoms. The van der Waals surface area contributed by atoms with E-state index >= 15 is 0 Å². The van der Waals surface area contributed by atoms with Crippen LogP contribution in [0.2, 0.25) is 5.02 Å². The Labute approximate surface area is 229 Å². The van der Waals surface area contributed by atoms with E-state index in [0.29, 0.717) is 43.6 Å². The summed E-state index contributed by atoms with van der Waals surface area (Å²) in [7, 11) is 2.31. The highest BCUT2D eigenvalue weighted by Crippen LogP contribution is 2.35. The van der Waals surface area contributed by atoms with Crippen molar-refractivity contribution in [3.8, 4) is 17.0 Å². The quantitative estimate of drug-likeness (QED) is 0.350. The van der Waals surface area contributed by atoms with Crippen LogP contribution >= 0.6 is 11.6 Å². The Hall–Kier alpha value is -2.37. The van der Waals surface area contributed by atoms with Crippen LogP contribution in [0.5, 0.6) is 5.75 Å². The van der Waals surface area contributed by atoms with Crippen LogP contribution in [0.4, 0.5) is 5.69 Å². The standard InChI is InChI=1S/C27H36ClN5O4S/c1-19-13-26(36-4)24(28)15-23(19)25-17-32-8-7-20(14-27(32)29-25)31-9-10-33(38(34,35)22-5-6-22)21(16-31)18-37-12-11-30(2)3/h7-8,13-15,17,21-22H,5-6,9-12,16,18H2,1-4H3. The molecule has 2 aliphatic rings. The third kappa shape index (κ3) is 5.65. The second kappa shape index (κ2) is 11.0. The zero-order valence-corrected chi connectivity index (χ0v) is 24.0. The van der Waals surface area contributed by atoms with Crippen LogP contribution in [0.15, 0.2) is 36.7 Å². The second-order valence-corrected chi connectivity index (χ2v) is 13.0. The van der Waals surface area contributed by atoms with E-state index in [1.54, 1.807) is 11.4 Å². The van der Waals surface area contributed by atoms with Crippen molar-refractivity contribution >= 4 is 33.0 Å². The Balaban J connectivity index is 1.37. The molecule has 0 radical (unpaired) electrons. The summed E-state index contributed by atoms with van der Waals surface area (Å²) < 4.78 is 41.3. The summed E-state index contributed by atoms with van der Waals surface area (Å²) in [5.41, 5.74) is 4.64. The number of imidazole rings is 1. The fourth-order valence-electron chi connectivity index (χ4n) is 4.95. The van der Waals surface area contributed by atoms with Crippen molar-refractivity contribution in [3.63, 3.8) is 0 Å². The average molecular weight is 562 g/mol. The number of pyridine rings is 1. The first-order valence-corrected chi connectivity index (χ1v) is 14.9. The first-order chi connectivity index (χ1) is 18.2. The topological polar surface area (TPSA) is 79.6 Å². The van der Waals surface area contributed by atoms with Crippen molar-refractivity contribution in [1.29, 1.82) is 0 Å². The lowest BCUT2D eigenvalue weighted by Crippen LogP contribution is -2.57. The normalized spacial score (nSPS) is 19.0. The van der Waals surface area contributed by atoms with Gasteiger partial charge in [0.1, 0.15) is 11.4 Å². The molecule has 1 unspecified atom stereocenters. The highest BCUT2D eigenvalue weighted by Gasteiger charge is 2.44. The summed E-state index contributed by atoms with van der Waals surface area (Å²) in [6.45, 7) is 5.40. The number of aryl methyl sites for hydroxylation is 1. The first-order valence-electron chi connectivity index (χ1n) is 13.0. The number of fused-ring (bicyclic) bond motifs is 1. The van der Waals surface area contributed by atoms with Gasteiger partial charge in [-0.15, -0.1) is 0 Å². The van der Waals surface area contributed by atoms with Gasteiger partial charge in [0.2, 0.25) is 10.0 Å². The van der Waals surface area contributed by atoms with E-state index in [1.807, 2.05) is 49.9 Å². The fourth-order valence-corrected chi connectivity index (χ4v) is 7.19. The fraction of sp³-hybridized carbons (Fsp3) is 0.519. The minimum absolute atomic E-state index is 0.229. The highest BCUT2D eigenvalue weighted by molar-refractivity contribution is 7.90. The van der Waals surface area contributed by atoms with Crippen molar-refractivity contribution in [1.82, 2.24) is 18.6 Å². The molecular weight excluding hydrogens is 526 g/mol. The maximum Gasteiger partial charge on any atom is 0.217 e. The summed E-state index contributed by atoms with van der Waals surface area (Å²) in [4.78, 5) is 9.17. The van der Waals surface area contributed by atoms with Crippen LogP contribution in [-0.2, 0) is 14.8 Å². The second-order valence-electron chi connectivity index (χ2n) is 10.4. The van der Waals surface area contributed by atoms with Crippen molar-refractivity contribution in [3.05, 3.63) is 47.2 Å². The largest absolute Gasteiger partial charge is 0.495 e. The number of methoxy groups -OCH3 is 1. The van der Waals surface area contributed by atoms with E-state index in [9.17, 15) is 8.42 Å². The number of ether oxygens (including phenoxy) is 2. The number of rotatable bonds is 10. The predicted octanol–water partition coefficient (Wildman–Crippen LogP) is 3.53. The van der Waals surface area contributed by atoms with Gasteiger partial charge in [-0.2, -0.15) is 4.31 Å². The van der Waals surface area contributed by atoms with E-state index in [0.717, 1.165) is 47.5 Å². The zero-order valence-electron chi connectivity index (χ0n) is 22.4. The summed E-state index contributed by atoms with van der Waals surface area (Å²) in [6.07, 6.45) is 5.51. The van der Waals surface area contributed by atoms with Gasteiger partial charge in [-0.1, -0.05) is 11.6 Å². The Kier molecular flexibility index (Phi) is 7.89. The van der Waals surface area contributed by atoms with Crippen molar-refractivity contribution in [2.75, 3.05) is 65.5 Å². The van der Waals surface area contributed by atoms with Crippen LogP contribution in [0.1, 0.15) is 18.4 Å². The minimum Gasteiger partial charge on any atom is -0.495 e. The smallest absolute Gasteiger partial charge is 0.217 e. The molecule has 1 saturated heterocycles. The SMILES string of the molecule is COc1cc(C)c(-c2cn3ccc(N4CCN(S(=O)(=O)C5CC5)C(COCCN(C)C)C4)cc3n2)cc1Cl. The molecule has 0 bridgehead atoms. The molecule has 3 heterocycles. The van der Waals surface area contributed by atoms with E-state index in [2.05, 4.69) is 21.9 Å². The van der Waals surface area contributed by atoms with Crippen LogP contribution in [0, 0.1) is 6.92 Å². The molecule has 1 saturated carbocycles. The molecular formula is C27H36ClN5O4S. The third-order valence-corrected chi connectivity index (χ3v) is 10.0. The number of hydrogen-bond donors (Lipinski definition) is 0. The Morgan fingerprint density at radius 1 is 1.18 bits per heavy atom. The molecule has 9 nitrogen and oxygen atoms in total. The maximum atomic E-state index is 13.2. The van der Waals surface area contributed by atoms with Gasteiger partial charge in [0.15, 0.2) is 0 Å². The van der Waals surface area contributed by atoms with Crippen molar-refractivity contribution in [2.24, 2.45) is 0 Å². The molecule has 206 valence electrons. The molecule has 2 aromatic heterocycles. The molecule has 0 spiro atoms. The van der Waals surface area contributed by atoms with Crippen LogP contribution < -0.4 is 9.64 Å². The summed E-state index contributed by atoms with van der Waals surface area (Å²) in [5, 5.41) is 0.316. The van der Waals surface area contributed by atoms with Crippen molar-refractivity contribution < 1.29 is 17.9 Å². The van der Waals surface area contributed by atoms with E-state index in [1.165, 1.54) is 0 Å². The first kappa shape index (κ1) is 27.2. The number of hydrogen-bond acceptors (Lipinski definition) is 7. The summed E-state index contributed by atoms with van der Waals surface area (Å²) >= 11 is 6.39. The lowest BCUT2D eigenvalue weighted by Gasteiger charge is -2.41. The van der Waals surface area contributed by atoms with Crippen LogP contribution in [0.25, 0.3) is 16.9 Å². The van der Waals surface area contributed by atoms with Crippen molar-refractivity contribution in [2.45, 2.75) is 31.1 Å². The zero-order chi connectivity index (χ0) is 27.0. The van der Waals surface area contributed by atoms with E-state index < -0.39 is 10.0 Å². The maximum absolute atomic E-state index is 13.2. The van der Waals surface area contributed by atoms with Crippen LogP contribution in [0.3, 0.4) is 0 Å². The molecule has 0 N–H and O–H groups in total. The Morgan fingerprint density at radius 3 is 2.68 bits per heavy atom. The molecule has 11 heteroatoms. The third-order valence-electron chi connectivity index (χ3n) is 7.28. The number of piperazine rings is 1. The molecule has 0 amide bonds. The molecule has 2 fully saturated rings. The van der Waals surface area contributed by atoms with Gasteiger partial charge >= 0.3 is 0 Å². The van der Waals surface area contributed by atoms with Gasteiger partial charge in [0, 0.05) is 55.9 Å². The summed E-state index contributed by atoms with van der Waals surface area (Å²) in [6, 6.07) is 7.69. The minimum atomic E-state index is -3.29. The van der Waals surface area contributed by atoms with Gasteiger partial charge < -0.3 is 23.7 Å². The molecule has 1 aliphatic heterocycles. The number of aromatic nitrogens is 2. The van der Waals surface area contributed by atoms with Crippen LogP contribution in [-0.4, -0.2) is 98.9 Å². The average Bonchev–Trinajstić information content (AvgIpc) is 3.67. The van der Waals surface area contributed by atoms with Gasteiger partial charge in [0.25, 0.3) is 0 Å². The Bertz CT molecular complexity index is 1410. The van der Waals surface area contributed by atoms with Gasteiger partial charge in [-0.25, -0.2) is 13.4 Å². The number of anilines is 1. The van der Waals surface area contributed by atoms with Gasteiger partial charge in [-0.3, -0.25) is 0 Å². The predicted molar refractivity (Wildman–Crippen MR) is 151 cm³/mol.